The second-order valence-corrected chi connectivity index (χ2v) is 4.25. The summed E-state index contributed by atoms with van der Waals surface area (Å²) in [7, 11) is 0. The third-order valence-electron chi connectivity index (χ3n) is 3.09. The standard InChI is InChI=1S/C13H9F3N4/c14-9-2-1-7(11(15)12(9)16)13(17)8-5-19-20-4-3-18-6-10(8)20/h1-6,13H,17H2. The molecular weight excluding hydrogens is 269 g/mol. The predicted molar refractivity (Wildman–Crippen MR) is 65.3 cm³/mol. The van der Waals surface area contributed by atoms with Crippen molar-refractivity contribution < 1.29 is 13.2 Å². The van der Waals surface area contributed by atoms with Crippen molar-refractivity contribution in [3.63, 3.8) is 0 Å². The molecule has 1 atom stereocenters. The fourth-order valence-electron chi connectivity index (χ4n) is 2.04. The first-order chi connectivity index (χ1) is 9.59. The van der Waals surface area contributed by atoms with E-state index < -0.39 is 23.5 Å². The average Bonchev–Trinajstić information content (AvgIpc) is 2.88. The number of halogens is 3. The zero-order valence-electron chi connectivity index (χ0n) is 10.1. The summed E-state index contributed by atoms with van der Waals surface area (Å²) in [5.41, 5.74) is 6.85. The van der Waals surface area contributed by atoms with Gasteiger partial charge in [0.1, 0.15) is 0 Å². The molecule has 0 amide bonds. The van der Waals surface area contributed by atoms with Crippen LogP contribution in [0.2, 0.25) is 0 Å². The first-order valence-corrected chi connectivity index (χ1v) is 5.76. The highest BCUT2D eigenvalue weighted by molar-refractivity contribution is 5.55. The van der Waals surface area contributed by atoms with Crippen LogP contribution >= 0.6 is 0 Å². The van der Waals surface area contributed by atoms with Gasteiger partial charge in [-0.2, -0.15) is 5.10 Å². The number of nitrogens with two attached hydrogens (primary N) is 1. The maximum Gasteiger partial charge on any atom is 0.194 e. The van der Waals surface area contributed by atoms with Crippen molar-refractivity contribution in [2.45, 2.75) is 6.04 Å². The molecule has 102 valence electrons. The average molecular weight is 278 g/mol. The van der Waals surface area contributed by atoms with Gasteiger partial charge in [0.2, 0.25) is 0 Å². The third kappa shape index (κ3) is 1.83. The molecule has 0 bridgehead atoms. The van der Waals surface area contributed by atoms with Crippen molar-refractivity contribution >= 4 is 5.52 Å². The van der Waals surface area contributed by atoms with Gasteiger partial charge in [-0.25, -0.2) is 17.7 Å². The first kappa shape index (κ1) is 12.6. The molecule has 20 heavy (non-hydrogen) atoms. The normalized spacial score (nSPS) is 12.8. The molecule has 0 spiro atoms. The van der Waals surface area contributed by atoms with Gasteiger partial charge in [-0.05, 0) is 6.07 Å². The number of hydrogen-bond acceptors (Lipinski definition) is 3. The molecule has 0 aliphatic rings. The lowest BCUT2D eigenvalue weighted by atomic mass is 10.0. The van der Waals surface area contributed by atoms with Gasteiger partial charge in [-0.15, -0.1) is 0 Å². The Morgan fingerprint density at radius 3 is 2.65 bits per heavy atom. The van der Waals surface area contributed by atoms with Crippen LogP contribution in [0.25, 0.3) is 5.52 Å². The van der Waals surface area contributed by atoms with Gasteiger partial charge in [0.25, 0.3) is 0 Å². The molecule has 0 fully saturated rings. The van der Waals surface area contributed by atoms with Crippen molar-refractivity contribution in [3.05, 3.63) is 65.5 Å². The molecule has 2 heterocycles. The van der Waals surface area contributed by atoms with E-state index in [-0.39, 0.29) is 5.56 Å². The summed E-state index contributed by atoms with van der Waals surface area (Å²) in [6, 6.07) is 1.00. The van der Waals surface area contributed by atoms with Crippen LogP contribution in [0.3, 0.4) is 0 Å². The molecule has 1 aromatic carbocycles. The van der Waals surface area contributed by atoms with E-state index in [1.807, 2.05) is 0 Å². The van der Waals surface area contributed by atoms with E-state index in [1.165, 1.54) is 23.1 Å². The first-order valence-electron chi connectivity index (χ1n) is 5.76. The topological polar surface area (TPSA) is 56.2 Å². The van der Waals surface area contributed by atoms with Gasteiger partial charge in [0, 0.05) is 23.5 Å². The quantitative estimate of drug-likeness (QED) is 0.731. The fourth-order valence-corrected chi connectivity index (χ4v) is 2.04. The smallest absolute Gasteiger partial charge is 0.194 e. The number of nitrogens with zero attached hydrogens (tertiary/aromatic N) is 3. The van der Waals surface area contributed by atoms with Crippen molar-refractivity contribution in [2.24, 2.45) is 5.73 Å². The Morgan fingerprint density at radius 2 is 1.85 bits per heavy atom. The number of fused-ring (bicyclic) bond motifs is 1. The highest BCUT2D eigenvalue weighted by atomic mass is 19.2. The van der Waals surface area contributed by atoms with Crippen molar-refractivity contribution in [2.75, 3.05) is 0 Å². The Balaban J connectivity index is 2.13. The molecule has 0 saturated heterocycles. The van der Waals surface area contributed by atoms with Gasteiger partial charge < -0.3 is 5.73 Å². The van der Waals surface area contributed by atoms with Gasteiger partial charge >= 0.3 is 0 Å². The highest BCUT2D eigenvalue weighted by Gasteiger charge is 2.21. The van der Waals surface area contributed by atoms with Crippen LogP contribution in [-0.4, -0.2) is 14.6 Å². The van der Waals surface area contributed by atoms with Crippen LogP contribution in [0.4, 0.5) is 13.2 Å². The van der Waals surface area contributed by atoms with Crippen LogP contribution in [0.5, 0.6) is 0 Å². The van der Waals surface area contributed by atoms with Crippen LogP contribution in [0.1, 0.15) is 17.2 Å². The Labute approximate surface area is 111 Å². The van der Waals surface area contributed by atoms with Gasteiger partial charge in [0.05, 0.1) is 24.0 Å². The lowest BCUT2D eigenvalue weighted by Crippen LogP contribution is -2.15. The molecule has 1 unspecified atom stereocenters. The summed E-state index contributed by atoms with van der Waals surface area (Å²) in [4.78, 5) is 3.93. The molecule has 2 N–H and O–H groups in total. The van der Waals surface area contributed by atoms with Crippen LogP contribution in [0, 0.1) is 17.5 Å². The van der Waals surface area contributed by atoms with E-state index in [0.717, 1.165) is 12.1 Å². The minimum absolute atomic E-state index is 0.136. The minimum atomic E-state index is -1.53. The molecule has 0 aliphatic carbocycles. The largest absolute Gasteiger partial charge is 0.320 e. The SMILES string of the molecule is NC(c1ccc(F)c(F)c1F)c1cnn2ccncc12. The molecule has 3 rings (SSSR count). The van der Waals surface area contributed by atoms with Gasteiger partial charge in [-0.3, -0.25) is 4.98 Å². The molecule has 0 saturated carbocycles. The lowest BCUT2D eigenvalue weighted by Gasteiger charge is -2.12. The van der Waals surface area contributed by atoms with Crippen molar-refractivity contribution in [1.82, 2.24) is 14.6 Å². The highest BCUT2D eigenvalue weighted by Crippen LogP contribution is 2.27. The fraction of sp³-hybridized carbons (Fsp3) is 0.0769. The molecule has 0 aliphatic heterocycles. The number of aromatic nitrogens is 3. The summed E-state index contributed by atoms with van der Waals surface area (Å²) >= 11 is 0. The molecule has 0 radical (unpaired) electrons. The number of benzene rings is 1. The van der Waals surface area contributed by atoms with E-state index in [2.05, 4.69) is 10.1 Å². The molecule has 2 aromatic heterocycles. The lowest BCUT2D eigenvalue weighted by molar-refractivity contribution is 0.438. The Hall–Kier alpha value is -2.41. The summed E-state index contributed by atoms with van der Waals surface area (Å²) in [5, 5.41) is 4.04. The summed E-state index contributed by atoms with van der Waals surface area (Å²) < 4.78 is 41.5. The van der Waals surface area contributed by atoms with E-state index in [9.17, 15) is 13.2 Å². The Kier molecular flexibility index (Phi) is 2.90. The van der Waals surface area contributed by atoms with Crippen molar-refractivity contribution in [3.8, 4) is 0 Å². The van der Waals surface area contributed by atoms with E-state index in [4.69, 9.17) is 5.73 Å². The van der Waals surface area contributed by atoms with E-state index in [0.29, 0.717) is 11.1 Å². The second kappa shape index (κ2) is 4.61. The zero-order valence-corrected chi connectivity index (χ0v) is 10.1. The van der Waals surface area contributed by atoms with Crippen molar-refractivity contribution in [1.29, 1.82) is 0 Å². The maximum atomic E-state index is 13.8. The predicted octanol–water partition coefficient (Wildman–Crippen LogP) is 2.19. The van der Waals surface area contributed by atoms with Crippen LogP contribution in [-0.2, 0) is 0 Å². The minimum Gasteiger partial charge on any atom is -0.320 e. The third-order valence-corrected chi connectivity index (χ3v) is 3.09. The molecule has 3 aromatic rings. The summed E-state index contributed by atoms with van der Waals surface area (Å²) in [6.45, 7) is 0. The maximum absolute atomic E-state index is 13.8. The van der Waals surface area contributed by atoms with E-state index in [1.54, 1.807) is 6.20 Å². The monoisotopic (exact) mass is 278 g/mol. The molecule has 4 nitrogen and oxygen atoms in total. The second-order valence-electron chi connectivity index (χ2n) is 4.25. The Morgan fingerprint density at radius 1 is 1.05 bits per heavy atom. The Bertz CT molecular complexity index is 784. The van der Waals surface area contributed by atoms with Crippen LogP contribution in [0.15, 0.2) is 36.9 Å². The summed E-state index contributed by atoms with van der Waals surface area (Å²) in [6.07, 6.45) is 6.10. The van der Waals surface area contributed by atoms with Crippen LogP contribution < -0.4 is 5.73 Å². The van der Waals surface area contributed by atoms with Gasteiger partial charge in [-0.1, -0.05) is 6.07 Å². The summed E-state index contributed by atoms with van der Waals surface area (Å²) in [5.74, 6) is -4.08. The molecular formula is C13H9F3N4. The van der Waals surface area contributed by atoms with Gasteiger partial charge in [0.15, 0.2) is 17.5 Å². The van der Waals surface area contributed by atoms with E-state index >= 15 is 0 Å². The number of hydrogen-bond donors (Lipinski definition) is 1. The number of rotatable bonds is 2. The zero-order chi connectivity index (χ0) is 14.3. The molecule has 7 heteroatoms.